The molecule has 2 fully saturated rings. The van der Waals surface area contributed by atoms with E-state index in [1.165, 1.54) is 23.4 Å². The Hall–Kier alpha value is -2.95. The molecule has 3 aliphatic rings. The van der Waals surface area contributed by atoms with Gasteiger partial charge in [-0.3, -0.25) is 4.68 Å². The first kappa shape index (κ1) is 33.9. The Morgan fingerprint density at radius 1 is 1.02 bits per heavy atom. The Balaban J connectivity index is 1.13. The topological polar surface area (TPSA) is 80.4 Å². The third-order valence-corrected chi connectivity index (χ3v) is 10.7. The summed E-state index contributed by atoms with van der Waals surface area (Å²) in [6.45, 7) is 5.73. The SMILES string of the molecule is N#Cc1cccc(C2CCN(C[C@H](O)Cn3nc(-c4ccc(C(F)(F)F)c(SCCN5CCC(F)CC5)c4)c4c3CCNC4)CC2)c1. The van der Waals surface area contributed by atoms with Crippen LogP contribution < -0.4 is 5.32 Å². The van der Waals surface area contributed by atoms with Gasteiger partial charge in [0, 0.05) is 73.2 Å². The number of hydrogen-bond acceptors (Lipinski definition) is 7. The maximum Gasteiger partial charge on any atom is 0.417 e. The molecule has 0 aliphatic carbocycles. The van der Waals surface area contributed by atoms with Gasteiger partial charge in [-0.25, -0.2) is 4.39 Å². The van der Waals surface area contributed by atoms with Crippen molar-refractivity contribution in [3.05, 3.63) is 70.4 Å². The van der Waals surface area contributed by atoms with Gasteiger partial charge < -0.3 is 20.2 Å². The Kier molecular flexibility index (Phi) is 10.9. The standard InChI is InChI=1S/C35H42F4N6OS/c36-28-9-14-43(15-10-28)16-17-47-33-19-27(4-5-31(33)35(37,38)39)34-30-21-41-11-6-32(30)45(42-34)23-29(46)22-44-12-7-25(8-13-44)26-3-1-2-24(18-26)20-40/h1-5,18-19,25,28-29,41,46H,6-17,21-23H2/t29-/m0/s1. The lowest BCUT2D eigenvalue weighted by Gasteiger charge is -2.33. The third kappa shape index (κ3) is 8.38. The zero-order valence-electron chi connectivity index (χ0n) is 26.5. The summed E-state index contributed by atoms with van der Waals surface area (Å²) in [5.41, 5.74) is 4.48. The van der Waals surface area contributed by atoms with Crippen LogP contribution in [0.5, 0.6) is 0 Å². The Morgan fingerprint density at radius 3 is 2.53 bits per heavy atom. The molecular weight excluding hydrogens is 628 g/mol. The van der Waals surface area contributed by atoms with Crippen LogP contribution in [-0.2, 0) is 25.7 Å². The van der Waals surface area contributed by atoms with Crippen molar-refractivity contribution >= 4 is 11.8 Å². The molecule has 3 aliphatic heterocycles. The second-order valence-electron chi connectivity index (χ2n) is 12.9. The molecule has 0 amide bonds. The summed E-state index contributed by atoms with van der Waals surface area (Å²) in [6, 6.07) is 14.3. The summed E-state index contributed by atoms with van der Waals surface area (Å²) in [6.07, 6.45) is -2.33. The first-order valence-electron chi connectivity index (χ1n) is 16.6. The number of thioether (sulfide) groups is 1. The predicted octanol–water partition coefficient (Wildman–Crippen LogP) is 5.85. The molecule has 47 heavy (non-hydrogen) atoms. The number of aliphatic hydroxyl groups excluding tert-OH is 1. The van der Waals surface area contributed by atoms with Crippen LogP contribution in [0.25, 0.3) is 11.3 Å². The van der Waals surface area contributed by atoms with Gasteiger partial charge in [-0.05, 0) is 74.5 Å². The van der Waals surface area contributed by atoms with Crippen LogP contribution in [0.15, 0.2) is 47.4 Å². The smallest absolute Gasteiger partial charge is 0.390 e. The third-order valence-electron chi connectivity index (χ3n) is 9.68. The number of aliphatic hydroxyl groups is 1. The molecule has 7 nitrogen and oxygen atoms in total. The zero-order chi connectivity index (χ0) is 33.0. The minimum atomic E-state index is -4.48. The number of nitrogens with zero attached hydrogens (tertiary/aromatic N) is 5. The van der Waals surface area contributed by atoms with Gasteiger partial charge in [0.25, 0.3) is 0 Å². The molecule has 0 unspecified atom stereocenters. The molecule has 12 heteroatoms. The molecule has 4 heterocycles. The van der Waals surface area contributed by atoms with Crippen LogP contribution in [0.1, 0.15) is 59.5 Å². The van der Waals surface area contributed by atoms with Crippen molar-refractivity contribution in [3.8, 4) is 17.3 Å². The summed E-state index contributed by atoms with van der Waals surface area (Å²) < 4.78 is 57.4. The highest BCUT2D eigenvalue weighted by molar-refractivity contribution is 7.99. The fourth-order valence-electron chi connectivity index (χ4n) is 7.10. The van der Waals surface area contributed by atoms with Crippen LogP contribution in [-0.4, -0.2) is 88.5 Å². The van der Waals surface area contributed by atoms with E-state index in [9.17, 15) is 27.9 Å². The molecular formula is C35H42F4N6OS. The molecule has 2 N–H and O–H groups in total. The highest BCUT2D eigenvalue weighted by atomic mass is 32.2. The quantitative estimate of drug-likeness (QED) is 0.207. The van der Waals surface area contributed by atoms with Crippen LogP contribution in [0.2, 0.25) is 0 Å². The predicted molar refractivity (Wildman–Crippen MR) is 175 cm³/mol. The lowest BCUT2D eigenvalue weighted by Crippen LogP contribution is -2.40. The van der Waals surface area contributed by atoms with Crippen LogP contribution >= 0.6 is 11.8 Å². The molecule has 0 saturated carbocycles. The van der Waals surface area contributed by atoms with Crippen molar-refractivity contribution < 1.29 is 22.7 Å². The lowest BCUT2D eigenvalue weighted by atomic mass is 9.88. The molecule has 1 aromatic heterocycles. The van der Waals surface area contributed by atoms with Gasteiger partial charge in [-0.1, -0.05) is 18.2 Å². The number of alkyl halides is 4. The van der Waals surface area contributed by atoms with Crippen LogP contribution in [0.4, 0.5) is 17.6 Å². The number of fused-ring (bicyclic) bond motifs is 1. The van der Waals surface area contributed by atoms with Crippen molar-refractivity contribution in [2.45, 2.75) is 74.5 Å². The fourth-order valence-corrected chi connectivity index (χ4v) is 8.22. The van der Waals surface area contributed by atoms with Crippen molar-refractivity contribution in [1.82, 2.24) is 24.9 Å². The number of nitriles is 1. The highest BCUT2D eigenvalue weighted by Crippen LogP contribution is 2.40. The Bertz CT molecular complexity index is 1560. The summed E-state index contributed by atoms with van der Waals surface area (Å²) in [4.78, 5) is 4.56. The second-order valence-corrected chi connectivity index (χ2v) is 14.1. The second kappa shape index (κ2) is 15.1. The number of β-amino-alcohol motifs (C(OH)–C–C–N with tert-alkyl or cyclic N) is 1. The molecule has 0 bridgehead atoms. The van der Waals surface area contributed by atoms with Gasteiger partial charge in [0.2, 0.25) is 0 Å². The molecule has 252 valence electrons. The van der Waals surface area contributed by atoms with E-state index in [2.05, 4.69) is 27.3 Å². The van der Waals surface area contributed by atoms with Crippen molar-refractivity contribution in [1.29, 1.82) is 5.26 Å². The largest absolute Gasteiger partial charge is 0.417 e. The van der Waals surface area contributed by atoms with E-state index in [4.69, 9.17) is 5.10 Å². The number of piperidine rings is 2. The number of nitrogens with one attached hydrogen (secondary N) is 1. The van der Waals surface area contributed by atoms with E-state index in [1.54, 1.807) is 6.07 Å². The van der Waals surface area contributed by atoms with Crippen molar-refractivity contribution in [3.63, 3.8) is 0 Å². The summed E-state index contributed by atoms with van der Waals surface area (Å²) in [5.74, 6) is 0.873. The Morgan fingerprint density at radius 2 is 1.79 bits per heavy atom. The molecule has 6 rings (SSSR count). The number of aromatic nitrogens is 2. The summed E-state index contributed by atoms with van der Waals surface area (Å²) >= 11 is 1.19. The van der Waals surface area contributed by atoms with Gasteiger partial charge in [0.15, 0.2) is 0 Å². The lowest BCUT2D eigenvalue weighted by molar-refractivity contribution is -0.139. The summed E-state index contributed by atoms with van der Waals surface area (Å²) in [5, 5.41) is 28.7. The van der Waals surface area contributed by atoms with Gasteiger partial charge >= 0.3 is 6.18 Å². The summed E-state index contributed by atoms with van der Waals surface area (Å²) in [7, 11) is 0. The normalized spacial score (nSPS) is 19.4. The van der Waals surface area contributed by atoms with E-state index in [0.717, 1.165) is 56.2 Å². The van der Waals surface area contributed by atoms with Gasteiger partial charge in [0.05, 0.1) is 35.5 Å². The molecule has 2 saturated heterocycles. The number of hydrogen-bond donors (Lipinski definition) is 2. The molecule has 2 aromatic carbocycles. The van der Waals surface area contributed by atoms with Gasteiger partial charge in [-0.15, -0.1) is 11.8 Å². The molecule has 3 aromatic rings. The first-order chi connectivity index (χ1) is 22.7. The van der Waals surface area contributed by atoms with E-state index in [-0.39, 0.29) is 4.90 Å². The molecule has 0 spiro atoms. The average Bonchev–Trinajstić information content (AvgIpc) is 3.43. The monoisotopic (exact) mass is 670 g/mol. The minimum Gasteiger partial charge on any atom is -0.390 e. The zero-order valence-corrected chi connectivity index (χ0v) is 27.3. The number of likely N-dealkylation sites (tertiary alicyclic amines) is 2. The van der Waals surface area contributed by atoms with E-state index >= 15 is 0 Å². The highest BCUT2D eigenvalue weighted by Gasteiger charge is 2.34. The van der Waals surface area contributed by atoms with Crippen molar-refractivity contribution in [2.24, 2.45) is 0 Å². The number of rotatable bonds is 10. The fraction of sp³-hybridized carbons (Fsp3) is 0.543. The Labute approximate surface area is 277 Å². The van der Waals surface area contributed by atoms with Gasteiger partial charge in [0.1, 0.15) is 6.17 Å². The van der Waals surface area contributed by atoms with E-state index in [0.29, 0.717) is 80.6 Å². The number of halogens is 4. The number of benzene rings is 2. The van der Waals surface area contributed by atoms with Crippen molar-refractivity contribution in [2.75, 3.05) is 51.6 Å². The van der Waals surface area contributed by atoms with Gasteiger partial charge in [-0.2, -0.15) is 23.5 Å². The molecule has 0 radical (unpaired) electrons. The minimum absolute atomic E-state index is 0.172. The van der Waals surface area contributed by atoms with E-state index < -0.39 is 24.0 Å². The molecule has 1 atom stereocenters. The maximum absolute atomic E-state index is 14.0. The van der Waals surface area contributed by atoms with Crippen LogP contribution in [0.3, 0.4) is 0 Å². The average molecular weight is 671 g/mol. The maximum atomic E-state index is 14.0. The van der Waals surface area contributed by atoms with E-state index in [1.807, 2.05) is 22.9 Å². The van der Waals surface area contributed by atoms with Crippen LogP contribution in [0, 0.1) is 11.3 Å². The first-order valence-corrected chi connectivity index (χ1v) is 17.6.